The predicted molar refractivity (Wildman–Crippen MR) is 61.4 cm³/mol. The maximum absolute atomic E-state index is 3.94. The van der Waals surface area contributed by atoms with E-state index in [2.05, 4.69) is 37.0 Å². The summed E-state index contributed by atoms with van der Waals surface area (Å²) in [4.78, 5) is 0. The van der Waals surface area contributed by atoms with Gasteiger partial charge in [-0.2, -0.15) is 5.10 Å². The quantitative estimate of drug-likeness (QED) is 0.730. The molecule has 0 aliphatic carbocycles. The molecule has 0 atom stereocenters. The van der Waals surface area contributed by atoms with Gasteiger partial charge in [0.15, 0.2) is 0 Å². The molecule has 1 aromatic carbocycles. The maximum Gasteiger partial charge on any atom is 0.0652 e. The molecule has 76 valence electrons. The van der Waals surface area contributed by atoms with Gasteiger partial charge < -0.3 is 0 Å². The van der Waals surface area contributed by atoms with Crippen LogP contribution in [0.3, 0.4) is 0 Å². The van der Waals surface area contributed by atoms with Crippen LogP contribution >= 0.6 is 0 Å². The van der Waals surface area contributed by atoms with Gasteiger partial charge in [0.25, 0.3) is 0 Å². The maximum atomic E-state index is 3.94. The Kier molecular flexibility index (Phi) is 4.17. The summed E-state index contributed by atoms with van der Waals surface area (Å²) in [5.74, 6) is 0. The molecule has 1 aromatic heterocycles. The summed E-state index contributed by atoms with van der Waals surface area (Å²) < 4.78 is 0. The van der Waals surface area contributed by atoms with E-state index in [0.717, 1.165) is 5.52 Å². The summed E-state index contributed by atoms with van der Waals surface area (Å²) in [6.07, 6.45) is 4.49. The molecule has 0 aliphatic rings. The first-order chi connectivity index (χ1) is 6.79. The highest BCUT2D eigenvalue weighted by Gasteiger charge is 1.94. The number of rotatable bonds is 1. The number of fused-ring (bicyclic) bond motifs is 1. The molecule has 2 rings (SSSR count). The number of aromatic nitrogens is 2. The second kappa shape index (κ2) is 5.43. The molecule has 1 N–H and O–H groups in total. The molecule has 2 nitrogen and oxygen atoms in total. The topological polar surface area (TPSA) is 28.7 Å². The molecule has 0 radical (unpaired) electrons. The van der Waals surface area contributed by atoms with Crippen molar-refractivity contribution in [2.75, 3.05) is 0 Å². The highest BCUT2D eigenvalue weighted by molar-refractivity contribution is 5.81. The second-order valence-corrected chi connectivity index (χ2v) is 3.41. The van der Waals surface area contributed by atoms with Crippen molar-refractivity contribution in [1.82, 2.24) is 10.2 Å². The average Bonchev–Trinajstić information content (AvgIpc) is 2.68. The fraction of sp³-hybridized carbons (Fsp3) is 0.417. The van der Waals surface area contributed by atoms with Gasteiger partial charge in [0.05, 0.1) is 11.7 Å². The third kappa shape index (κ3) is 2.59. The van der Waals surface area contributed by atoms with E-state index in [-0.39, 0.29) is 0 Å². The molecule has 14 heavy (non-hydrogen) atoms. The minimum absolute atomic E-state index is 1.11. The fourth-order valence-corrected chi connectivity index (χ4v) is 1.12. The number of unbranched alkanes of at least 4 members (excludes halogenated alkanes) is 1. The number of aryl methyl sites for hydroxylation is 1. The molecule has 0 saturated carbocycles. The molecular weight excluding hydrogens is 172 g/mol. The lowest BCUT2D eigenvalue weighted by Crippen LogP contribution is -1.71. The van der Waals surface area contributed by atoms with Crippen molar-refractivity contribution in [3.63, 3.8) is 0 Å². The summed E-state index contributed by atoms with van der Waals surface area (Å²) >= 11 is 0. The van der Waals surface area contributed by atoms with Crippen molar-refractivity contribution in [2.45, 2.75) is 33.6 Å². The molecule has 0 amide bonds. The molecular formula is C12H18N2. The van der Waals surface area contributed by atoms with Gasteiger partial charge in [0.2, 0.25) is 0 Å². The third-order valence-corrected chi connectivity index (χ3v) is 2.20. The molecule has 2 heteroatoms. The van der Waals surface area contributed by atoms with Gasteiger partial charge >= 0.3 is 0 Å². The van der Waals surface area contributed by atoms with E-state index in [1.807, 2.05) is 18.3 Å². The molecule has 0 spiro atoms. The summed E-state index contributed by atoms with van der Waals surface area (Å²) in [6, 6.07) is 6.13. The van der Waals surface area contributed by atoms with E-state index in [9.17, 15) is 0 Å². The zero-order chi connectivity index (χ0) is 10.4. The van der Waals surface area contributed by atoms with E-state index < -0.39 is 0 Å². The highest BCUT2D eigenvalue weighted by Crippen LogP contribution is 2.13. The van der Waals surface area contributed by atoms with E-state index in [4.69, 9.17) is 0 Å². The average molecular weight is 190 g/mol. The van der Waals surface area contributed by atoms with Gasteiger partial charge in [0.1, 0.15) is 0 Å². The standard InChI is InChI=1S/C8H8N2.C4H10/c1-6-3-2-4-8-7(6)5-9-10-8;1-3-4-2/h2-5H,1H3,(H,9,10);3-4H2,1-2H3. The molecule has 0 bridgehead atoms. The first-order valence-electron chi connectivity index (χ1n) is 5.18. The molecule has 0 fully saturated rings. The largest absolute Gasteiger partial charge is 0.278 e. The summed E-state index contributed by atoms with van der Waals surface area (Å²) in [5, 5.41) is 8.06. The number of nitrogens with one attached hydrogen (secondary N) is 1. The number of nitrogens with zero attached hydrogens (tertiary/aromatic N) is 1. The predicted octanol–water partition coefficient (Wildman–Crippen LogP) is 3.68. The number of benzene rings is 1. The van der Waals surface area contributed by atoms with Crippen LogP contribution in [-0.2, 0) is 0 Å². The Morgan fingerprint density at radius 3 is 2.50 bits per heavy atom. The van der Waals surface area contributed by atoms with Crippen molar-refractivity contribution >= 4 is 10.9 Å². The van der Waals surface area contributed by atoms with Crippen molar-refractivity contribution < 1.29 is 0 Å². The van der Waals surface area contributed by atoms with E-state index >= 15 is 0 Å². The smallest absolute Gasteiger partial charge is 0.0652 e. The lowest BCUT2D eigenvalue weighted by atomic mass is 10.2. The van der Waals surface area contributed by atoms with Crippen molar-refractivity contribution in [1.29, 1.82) is 0 Å². The summed E-state index contributed by atoms with van der Waals surface area (Å²) in [7, 11) is 0. The molecule has 2 aromatic rings. The first-order valence-corrected chi connectivity index (χ1v) is 5.18. The van der Waals surface area contributed by atoms with Gasteiger partial charge in [-0.1, -0.05) is 38.8 Å². The van der Waals surface area contributed by atoms with Crippen LogP contribution in [0.5, 0.6) is 0 Å². The Morgan fingerprint density at radius 2 is 1.93 bits per heavy atom. The van der Waals surface area contributed by atoms with E-state index in [1.54, 1.807) is 0 Å². The molecule has 0 saturated heterocycles. The Hall–Kier alpha value is -1.31. The lowest BCUT2D eigenvalue weighted by molar-refractivity contribution is 0.886. The number of aromatic amines is 1. The van der Waals surface area contributed by atoms with Crippen LogP contribution in [0.4, 0.5) is 0 Å². The Bertz CT molecular complexity index is 374. The second-order valence-electron chi connectivity index (χ2n) is 3.41. The van der Waals surface area contributed by atoms with Crippen LogP contribution in [0.15, 0.2) is 24.4 Å². The van der Waals surface area contributed by atoms with Gasteiger partial charge in [-0.3, -0.25) is 5.10 Å². The van der Waals surface area contributed by atoms with Gasteiger partial charge in [0, 0.05) is 5.39 Å². The summed E-state index contributed by atoms with van der Waals surface area (Å²) in [6.45, 7) is 6.44. The SMILES string of the molecule is CCCC.Cc1cccc2[nH]ncc12. The lowest BCUT2D eigenvalue weighted by Gasteiger charge is -1.90. The number of H-pyrrole nitrogens is 1. The van der Waals surface area contributed by atoms with E-state index in [1.165, 1.54) is 23.8 Å². The van der Waals surface area contributed by atoms with Gasteiger partial charge in [-0.25, -0.2) is 0 Å². The minimum Gasteiger partial charge on any atom is -0.278 e. The monoisotopic (exact) mass is 190 g/mol. The van der Waals surface area contributed by atoms with Crippen LogP contribution < -0.4 is 0 Å². The fourth-order valence-electron chi connectivity index (χ4n) is 1.12. The van der Waals surface area contributed by atoms with Crippen LogP contribution in [0.1, 0.15) is 32.3 Å². The van der Waals surface area contributed by atoms with Crippen LogP contribution in [0.25, 0.3) is 10.9 Å². The van der Waals surface area contributed by atoms with Crippen molar-refractivity contribution in [3.05, 3.63) is 30.0 Å². The third-order valence-electron chi connectivity index (χ3n) is 2.20. The molecule has 0 aliphatic heterocycles. The number of hydrogen-bond acceptors (Lipinski definition) is 1. The molecule has 0 unspecified atom stereocenters. The van der Waals surface area contributed by atoms with Crippen LogP contribution in [0.2, 0.25) is 0 Å². The molecule has 1 heterocycles. The van der Waals surface area contributed by atoms with Gasteiger partial charge in [-0.15, -0.1) is 0 Å². The Morgan fingerprint density at radius 1 is 1.21 bits per heavy atom. The van der Waals surface area contributed by atoms with Crippen molar-refractivity contribution in [2.24, 2.45) is 0 Å². The van der Waals surface area contributed by atoms with Gasteiger partial charge in [-0.05, 0) is 18.6 Å². The first kappa shape index (κ1) is 10.8. The van der Waals surface area contributed by atoms with Crippen molar-refractivity contribution in [3.8, 4) is 0 Å². The minimum atomic E-state index is 1.11. The highest BCUT2D eigenvalue weighted by atomic mass is 15.1. The van der Waals surface area contributed by atoms with Crippen LogP contribution in [0, 0.1) is 6.92 Å². The zero-order valence-corrected chi connectivity index (χ0v) is 9.17. The Labute approximate surface area is 85.3 Å². The van der Waals surface area contributed by atoms with E-state index in [0.29, 0.717) is 0 Å². The van der Waals surface area contributed by atoms with Crippen LogP contribution in [-0.4, -0.2) is 10.2 Å². The summed E-state index contributed by atoms with van der Waals surface area (Å²) in [5.41, 5.74) is 2.38. The zero-order valence-electron chi connectivity index (χ0n) is 9.17. The Balaban J connectivity index is 0.000000213. The number of hydrogen-bond donors (Lipinski definition) is 1. The normalized spacial score (nSPS) is 9.64.